The summed E-state index contributed by atoms with van der Waals surface area (Å²) in [6, 6.07) is 4.73. The van der Waals surface area contributed by atoms with Crippen molar-refractivity contribution in [1.82, 2.24) is 24.9 Å². The van der Waals surface area contributed by atoms with E-state index in [0.717, 1.165) is 15.9 Å². The Morgan fingerprint density at radius 2 is 1.90 bits per heavy atom. The lowest BCUT2D eigenvalue weighted by Crippen LogP contribution is -2.48. The van der Waals surface area contributed by atoms with E-state index < -0.39 is 27.6 Å². The van der Waals surface area contributed by atoms with Gasteiger partial charge in [-0.2, -0.15) is 4.98 Å². The van der Waals surface area contributed by atoms with Crippen LogP contribution in [0.5, 0.6) is 0 Å². The predicted molar refractivity (Wildman–Crippen MR) is 156 cm³/mol. The number of hydrogen-bond donors (Lipinski definition) is 4. The molecule has 4 aromatic heterocycles. The Kier molecular flexibility index (Phi) is 8.47. The quantitative estimate of drug-likeness (QED) is 0.147. The standard InChI is InChI=1S/C27H33N7O5S2/c1-4-39-14-13-30-26-31-16(2)21(25-32-22-17(3)29-12-8-20(22)40-25)24(33-26)34-27(36)9-5-18(23(27)35)15-41(37,38)19-6-10-28-11-7-19/h6-8,10-12,18,23,35-36H,4-5,9,13-15H2,1-3H3,(H2,30,31,33,34)/t18-,23-,27+/m1/s1. The third-order valence-corrected chi connectivity index (χ3v) is 10.0. The van der Waals surface area contributed by atoms with Crippen molar-refractivity contribution in [3.8, 4) is 10.6 Å². The molecule has 4 aromatic rings. The molecule has 0 spiro atoms. The highest BCUT2D eigenvalue weighted by atomic mass is 32.2. The number of fused-ring (bicyclic) bond motifs is 1. The van der Waals surface area contributed by atoms with Crippen molar-refractivity contribution in [1.29, 1.82) is 0 Å². The van der Waals surface area contributed by atoms with Crippen molar-refractivity contribution in [3.05, 3.63) is 48.2 Å². The zero-order valence-electron chi connectivity index (χ0n) is 23.0. The Hall–Kier alpha value is -3.30. The number of aromatic nitrogens is 5. The van der Waals surface area contributed by atoms with E-state index in [4.69, 9.17) is 9.72 Å². The number of pyridine rings is 2. The SMILES string of the molecule is CCOCCNc1nc(C)c(-c2nc3c(C)nccc3s2)c(N[C@]2(O)CC[C@H](CS(=O)(=O)c3ccncc3)[C@H]2O)n1. The van der Waals surface area contributed by atoms with E-state index in [9.17, 15) is 18.6 Å². The van der Waals surface area contributed by atoms with Crippen LogP contribution in [0.15, 0.2) is 41.7 Å². The number of rotatable bonds is 11. The Balaban J connectivity index is 1.47. The summed E-state index contributed by atoms with van der Waals surface area (Å²) in [5.74, 6) is -0.413. The second kappa shape index (κ2) is 11.9. The smallest absolute Gasteiger partial charge is 0.224 e. The van der Waals surface area contributed by atoms with Crippen molar-refractivity contribution in [3.63, 3.8) is 0 Å². The average molecular weight is 600 g/mol. The van der Waals surface area contributed by atoms with E-state index in [1.54, 1.807) is 6.20 Å². The average Bonchev–Trinajstić information content (AvgIpc) is 3.49. The van der Waals surface area contributed by atoms with Gasteiger partial charge in [0.2, 0.25) is 5.95 Å². The van der Waals surface area contributed by atoms with Crippen LogP contribution >= 0.6 is 11.3 Å². The van der Waals surface area contributed by atoms with Gasteiger partial charge in [0.15, 0.2) is 15.6 Å². The monoisotopic (exact) mass is 599 g/mol. The number of anilines is 2. The van der Waals surface area contributed by atoms with Gasteiger partial charge in [0, 0.05) is 37.7 Å². The molecular weight excluding hydrogens is 566 g/mol. The molecule has 41 heavy (non-hydrogen) atoms. The molecule has 4 N–H and O–H groups in total. The molecule has 1 aliphatic rings. The van der Waals surface area contributed by atoms with Gasteiger partial charge in [-0.05, 0) is 51.8 Å². The Labute approximate surface area is 242 Å². The molecule has 5 rings (SSSR count). The van der Waals surface area contributed by atoms with Crippen LogP contribution in [0.3, 0.4) is 0 Å². The molecule has 0 aromatic carbocycles. The second-order valence-corrected chi connectivity index (χ2v) is 13.1. The summed E-state index contributed by atoms with van der Waals surface area (Å²) in [7, 11) is -3.70. The third-order valence-electron chi connectivity index (χ3n) is 7.14. The largest absolute Gasteiger partial charge is 0.388 e. The van der Waals surface area contributed by atoms with Crippen molar-refractivity contribution in [2.45, 2.75) is 50.3 Å². The summed E-state index contributed by atoms with van der Waals surface area (Å²) in [5.41, 5.74) is 0.909. The maximum absolute atomic E-state index is 13.0. The number of thiazole rings is 1. The van der Waals surface area contributed by atoms with Crippen LogP contribution < -0.4 is 10.6 Å². The van der Waals surface area contributed by atoms with Crippen LogP contribution in [-0.2, 0) is 14.6 Å². The Morgan fingerprint density at radius 3 is 2.63 bits per heavy atom. The molecule has 12 nitrogen and oxygen atoms in total. The Morgan fingerprint density at radius 1 is 1.12 bits per heavy atom. The number of aliphatic hydroxyl groups excluding tert-OH is 1. The van der Waals surface area contributed by atoms with Gasteiger partial charge < -0.3 is 25.6 Å². The number of hydrogen-bond acceptors (Lipinski definition) is 13. The summed E-state index contributed by atoms with van der Waals surface area (Å²) < 4.78 is 32.3. The van der Waals surface area contributed by atoms with Crippen LogP contribution in [0.1, 0.15) is 31.2 Å². The summed E-state index contributed by atoms with van der Waals surface area (Å²) in [6.45, 7) is 7.14. The molecule has 0 amide bonds. The zero-order valence-corrected chi connectivity index (χ0v) is 24.7. The van der Waals surface area contributed by atoms with Gasteiger partial charge in [-0.3, -0.25) is 9.97 Å². The van der Waals surface area contributed by atoms with Gasteiger partial charge in [0.1, 0.15) is 22.4 Å². The first kappa shape index (κ1) is 29.2. The van der Waals surface area contributed by atoms with E-state index in [1.807, 2.05) is 26.8 Å². The van der Waals surface area contributed by atoms with Crippen LogP contribution in [0.4, 0.5) is 11.8 Å². The molecule has 0 saturated heterocycles. The van der Waals surface area contributed by atoms with Gasteiger partial charge in [0.25, 0.3) is 0 Å². The molecule has 3 atom stereocenters. The van der Waals surface area contributed by atoms with Crippen LogP contribution in [0, 0.1) is 19.8 Å². The number of nitrogens with one attached hydrogen (secondary N) is 2. The highest BCUT2D eigenvalue weighted by molar-refractivity contribution is 7.91. The minimum absolute atomic E-state index is 0.114. The van der Waals surface area contributed by atoms with Gasteiger partial charge in [-0.1, -0.05) is 0 Å². The molecule has 0 aliphatic heterocycles. The Bertz CT molecular complexity index is 1630. The topological polar surface area (TPSA) is 172 Å². The van der Waals surface area contributed by atoms with Crippen molar-refractivity contribution in [2.24, 2.45) is 5.92 Å². The molecule has 0 unspecified atom stereocenters. The van der Waals surface area contributed by atoms with Crippen LogP contribution in [0.25, 0.3) is 20.8 Å². The van der Waals surface area contributed by atoms with Crippen LogP contribution in [-0.4, -0.2) is 80.9 Å². The van der Waals surface area contributed by atoms with Gasteiger partial charge >= 0.3 is 0 Å². The molecular formula is C27H33N7O5S2. The third kappa shape index (κ3) is 6.16. The first-order valence-corrected chi connectivity index (χ1v) is 15.8. The second-order valence-electron chi connectivity index (χ2n) is 10.00. The van der Waals surface area contributed by atoms with E-state index in [0.29, 0.717) is 48.4 Å². The molecule has 14 heteroatoms. The molecule has 4 heterocycles. The summed E-state index contributed by atoms with van der Waals surface area (Å²) in [5, 5.41) is 29.7. The molecule has 0 radical (unpaired) electrons. The normalized spacial score (nSPS) is 20.9. The van der Waals surface area contributed by atoms with Crippen LogP contribution in [0.2, 0.25) is 0 Å². The minimum atomic E-state index is -3.70. The van der Waals surface area contributed by atoms with E-state index in [-0.39, 0.29) is 22.9 Å². The van der Waals surface area contributed by atoms with E-state index in [1.165, 1.54) is 35.9 Å². The van der Waals surface area contributed by atoms with Crippen molar-refractivity contribution >= 4 is 43.2 Å². The summed E-state index contributed by atoms with van der Waals surface area (Å²) in [6.07, 6.45) is 3.58. The minimum Gasteiger partial charge on any atom is -0.388 e. The molecule has 1 fully saturated rings. The number of sulfone groups is 1. The fourth-order valence-electron chi connectivity index (χ4n) is 5.01. The molecule has 1 aliphatic carbocycles. The summed E-state index contributed by atoms with van der Waals surface area (Å²) in [4.78, 5) is 22.4. The number of aliphatic hydroxyl groups is 2. The maximum atomic E-state index is 13.0. The number of aryl methyl sites for hydroxylation is 2. The fourth-order valence-corrected chi connectivity index (χ4v) is 7.76. The van der Waals surface area contributed by atoms with E-state index >= 15 is 0 Å². The lowest BCUT2D eigenvalue weighted by atomic mass is 10.0. The number of ether oxygens (including phenoxy) is 1. The highest BCUT2D eigenvalue weighted by Gasteiger charge is 2.48. The van der Waals surface area contributed by atoms with Gasteiger partial charge in [-0.15, -0.1) is 11.3 Å². The number of nitrogens with zero attached hydrogens (tertiary/aromatic N) is 5. The lowest BCUT2D eigenvalue weighted by Gasteiger charge is -2.31. The fraction of sp³-hybridized carbons (Fsp3) is 0.444. The molecule has 0 bridgehead atoms. The predicted octanol–water partition coefficient (Wildman–Crippen LogP) is 2.95. The highest BCUT2D eigenvalue weighted by Crippen LogP contribution is 2.41. The lowest BCUT2D eigenvalue weighted by molar-refractivity contribution is -0.0442. The molecule has 1 saturated carbocycles. The first-order valence-electron chi connectivity index (χ1n) is 13.4. The molecule has 218 valence electrons. The first-order chi connectivity index (χ1) is 19.6. The van der Waals surface area contributed by atoms with Crippen molar-refractivity contribution in [2.75, 3.05) is 36.1 Å². The van der Waals surface area contributed by atoms with Crippen molar-refractivity contribution < 1.29 is 23.4 Å². The maximum Gasteiger partial charge on any atom is 0.224 e. The van der Waals surface area contributed by atoms with E-state index in [2.05, 4.69) is 30.6 Å². The van der Waals surface area contributed by atoms with Gasteiger partial charge in [-0.25, -0.2) is 18.4 Å². The zero-order chi connectivity index (χ0) is 29.2. The van der Waals surface area contributed by atoms with Gasteiger partial charge in [0.05, 0.1) is 38.9 Å². The summed E-state index contributed by atoms with van der Waals surface area (Å²) >= 11 is 1.45.